The van der Waals surface area contributed by atoms with Crippen LogP contribution in [0.3, 0.4) is 0 Å². The number of fused-ring (bicyclic) bond motifs is 1. The molecule has 11 heteroatoms. The monoisotopic (exact) mass is 668 g/mol. The summed E-state index contributed by atoms with van der Waals surface area (Å²) in [5, 5.41) is 7.01. The standard InChI is InChI=1S/C36H34Cl2N6O3/c1-23-19-31(43(2)3)27-9-6-10-32(35(27)41-23)47-22-28-29(37)13-14-30(34(28)38)44(4)33(45)21-40-36(46)42-26-8-5-7-25(20-26)12-11-24-15-17-39-18-16-24/h5-20H,21-22H2,1-4H3,(H2,40,42,46)/b12-11+. The number of pyridine rings is 2. The quantitative estimate of drug-likeness (QED) is 0.157. The first-order chi connectivity index (χ1) is 22.6. The van der Waals surface area contributed by atoms with Crippen molar-refractivity contribution in [1.82, 2.24) is 15.3 Å². The van der Waals surface area contributed by atoms with E-state index in [1.165, 1.54) is 4.90 Å². The molecule has 0 unspecified atom stereocenters. The van der Waals surface area contributed by atoms with E-state index in [1.54, 1.807) is 37.6 Å². The summed E-state index contributed by atoms with van der Waals surface area (Å²) in [6.45, 7) is 1.73. The number of aryl methyl sites for hydroxylation is 1. The highest BCUT2D eigenvalue weighted by Crippen LogP contribution is 2.36. The molecule has 2 heterocycles. The molecule has 2 aromatic heterocycles. The van der Waals surface area contributed by atoms with E-state index in [4.69, 9.17) is 32.9 Å². The van der Waals surface area contributed by atoms with Gasteiger partial charge < -0.3 is 25.2 Å². The lowest BCUT2D eigenvalue weighted by molar-refractivity contribution is -0.117. The van der Waals surface area contributed by atoms with Crippen molar-refractivity contribution >= 4 is 75.3 Å². The van der Waals surface area contributed by atoms with Crippen molar-refractivity contribution < 1.29 is 14.3 Å². The van der Waals surface area contributed by atoms with Crippen molar-refractivity contribution in [2.24, 2.45) is 0 Å². The van der Waals surface area contributed by atoms with E-state index in [9.17, 15) is 9.59 Å². The number of benzene rings is 3. The van der Waals surface area contributed by atoms with E-state index < -0.39 is 6.03 Å². The first kappa shape index (κ1) is 33.2. The summed E-state index contributed by atoms with van der Waals surface area (Å²) in [5.41, 5.74) is 6.06. The molecule has 3 amide bonds. The Morgan fingerprint density at radius 2 is 1.64 bits per heavy atom. The van der Waals surface area contributed by atoms with Crippen LogP contribution in [0.4, 0.5) is 21.9 Å². The maximum atomic E-state index is 13.1. The number of para-hydroxylation sites is 1. The number of hydrogen-bond acceptors (Lipinski definition) is 6. The predicted molar refractivity (Wildman–Crippen MR) is 192 cm³/mol. The van der Waals surface area contributed by atoms with Crippen LogP contribution in [0.15, 0.2) is 85.2 Å². The van der Waals surface area contributed by atoms with Crippen LogP contribution in [0.1, 0.15) is 22.4 Å². The molecule has 3 aromatic carbocycles. The molecule has 0 aliphatic heterocycles. The molecule has 0 radical (unpaired) electrons. The minimum atomic E-state index is -0.519. The smallest absolute Gasteiger partial charge is 0.319 e. The summed E-state index contributed by atoms with van der Waals surface area (Å²) < 4.78 is 6.21. The van der Waals surface area contributed by atoms with Gasteiger partial charge >= 0.3 is 6.03 Å². The van der Waals surface area contributed by atoms with Crippen LogP contribution in [-0.2, 0) is 11.4 Å². The number of rotatable bonds is 10. The molecule has 47 heavy (non-hydrogen) atoms. The topological polar surface area (TPSA) is 99.7 Å². The number of nitrogens with one attached hydrogen (secondary N) is 2. The van der Waals surface area contributed by atoms with Crippen molar-refractivity contribution in [3.05, 3.63) is 118 Å². The van der Waals surface area contributed by atoms with Gasteiger partial charge in [0.2, 0.25) is 5.91 Å². The minimum absolute atomic E-state index is 0.0526. The maximum absolute atomic E-state index is 13.1. The summed E-state index contributed by atoms with van der Waals surface area (Å²) in [6, 6.07) is 21.7. The molecule has 0 atom stereocenters. The number of nitrogens with zero attached hydrogens (tertiary/aromatic N) is 4. The second-order valence-electron chi connectivity index (χ2n) is 11.0. The Bertz CT molecular complexity index is 1950. The van der Waals surface area contributed by atoms with Gasteiger partial charge in [0, 0.05) is 66.6 Å². The Morgan fingerprint density at radius 3 is 2.40 bits per heavy atom. The van der Waals surface area contributed by atoms with Crippen molar-refractivity contribution in [3.8, 4) is 5.75 Å². The first-order valence-corrected chi connectivity index (χ1v) is 15.5. The number of carbonyl (C=O) groups excluding carboxylic acids is 2. The SMILES string of the molecule is Cc1cc(N(C)C)c2cccc(OCc3c(Cl)ccc(N(C)C(=O)CNC(=O)Nc4cccc(/C=C/c5ccncc5)c4)c3Cl)c2n1. The fraction of sp³-hybridized carbons (Fsp3) is 0.167. The number of anilines is 3. The highest BCUT2D eigenvalue weighted by Gasteiger charge is 2.20. The van der Waals surface area contributed by atoms with Gasteiger partial charge in [0.05, 0.1) is 17.3 Å². The molecule has 0 spiro atoms. The Balaban J connectivity index is 1.22. The molecule has 5 rings (SSSR count). The normalized spacial score (nSPS) is 11.0. The number of urea groups is 1. The van der Waals surface area contributed by atoms with E-state index in [0.29, 0.717) is 27.7 Å². The number of aromatic nitrogens is 2. The third kappa shape index (κ3) is 8.19. The van der Waals surface area contributed by atoms with Gasteiger partial charge in [-0.05, 0) is 66.6 Å². The van der Waals surface area contributed by atoms with Gasteiger partial charge in [-0.3, -0.25) is 9.78 Å². The highest BCUT2D eigenvalue weighted by molar-refractivity contribution is 6.38. The summed E-state index contributed by atoms with van der Waals surface area (Å²) >= 11 is 13.3. The van der Waals surface area contributed by atoms with Gasteiger partial charge in [-0.15, -0.1) is 0 Å². The number of likely N-dealkylation sites (N-methyl/N-ethyl adjacent to an activating group) is 1. The fourth-order valence-corrected chi connectivity index (χ4v) is 5.52. The molecular weight excluding hydrogens is 635 g/mol. The van der Waals surface area contributed by atoms with Crippen LogP contribution < -0.4 is 25.2 Å². The van der Waals surface area contributed by atoms with E-state index in [1.807, 2.05) is 92.7 Å². The van der Waals surface area contributed by atoms with Crippen LogP contribution in [0.2, 0.25) is 10.0 Å². The van der Waals surface area contributed by atoms with Gasteiger partial charge in [-0.25, -0.2) is 9.78 Å². The zero-order valence-corrected chi connectivity index (χ0v) is 27.9. The number of amides is 3. The van der Waals surface area contributed by atoms with Crippen LogP contribution >= 0.6 is 23.2 Å². The average molecular weight is 670 g/mol. The van der Waals surface area contributed by atoms with Gasteiger partial charge in [0.15, 0.2) is 0 Å². The van der Waals surface area contributed by atoms with Gasteiger partial charge in [-0.2, -0.15) is 0 Å². The lowest BCUT2D eigenvalue weighted by atomic mass is 10.1. The number of ether oxygens (including phenoxy) is 1. The van der Waals surface area contributed by atoms with Gasteiger partial charge in [0.25, 0.3) is 0 Å². The molecule has 9 nitrogen and oxygen atoms in total. The largest absolute Gasteiger partial charge is 0.487 e. The highest BCUT2D eigenvalue weighted by atomic mass is 35.5. The zero-order valence-electron chi connectivity index (χ0n) is 26.4. The van der Waals surface area contributed by atoms with E-state index in [-0.39, 0.29) is 24.1 Å². The van der Waals surface area contributed by atoms with E-state index in [2.05, 4.69) is 15.6 Å². The average Bonchev–Trinajstić information content (AvgIpc) is 3.06. The molecule has 0 saturated carbocycles. The summed E-state index contributed by atoms with van der Waals surface area (Å²) in [4.78, 5) is 37.9. The van der Waals surface area contributed by atoms with Crippen LogP contribution in [0.25, 0.3) is 23.1 Å². The summed E-state index contributed by atoms with van der Waals surface area (Å²) in [6.07, 6.45) is 7.34. The fourth-order valence-electron chi connectivity index (χ4n) is 4.91. The van der Waals surface area contributed by atoms with Crippen molar-refractivity contribution in [1.29, 1.82) is 0 Å². The first-order valence-electron chi connectivity index (χ1n) is 14.8. The zero-order chi connectivity index (χ0) is 33.5. The molecular formula is C36H34Cl2N6O3. The second-order valence-corrected chi connectivity index (χ2v) is 11.8. The van der Waals surface area contributed by atoms with Gasteiger partial charge in [0.1, 0.15) is 17.9 Å². The van der Waals surface area contributed by atoms with Crippen molar-refractivity contribution in [3.63, 3.8) is 0 Å². The number of hydrogen-bond donors (Lipinski definition) is 2. The number of carbonyl (C=O) groups is 2. The van der Waals surface area contributed by atoms with E-state index >= 15 is 0 Å². The van der Waals surface area contributed by atoms with Crippen molar-refractivity contribution in [2.75, 3.05) is 42.8 Å². The Kier molecular flexibility index (Phi) is 10.6. The van der Waals surface area contributed by atoms with E-state index in [0.717, 1.165) is 33.4 Å². The lowest BCUT2D eigenvalue weighted by Gasteiger charge is -2.22. The minimum Gasteiger partial charge on any atom is -0.487 e. The molecule has 0 aliphatic carbocycles. The van der Waals surface area contributed by atoms with Crippen LogP contribution in [-0.4, -0.2) is 49.6 Å². The Morgan fingerprint density at radius 1 is 0.894 bits per heavy atom. The molecule has 0 saturated heterocycles. The third-order valence-electron chi connectivity index (χ3n) is 7.38. The molecule has 0 bridgehead atoms. The Hall–Kier alpha value is -5.12. The van der Waals surface area contributed by atoms with Gasteiger partial charge in [-0.1, -0.05) is 59.6 Å². The molecule has 2 N–H and O–H groups in total. The lowest BCUT2D eigenvalue weighted by Crippen LogP contribution is -2.40. The number of halogens is 2. The maximum Gasteiger partial charge on any atom is 0.319 e. The second kappa shape index (κ2) is 15.0. The summed E-state index contributed by atoms with van der Waals surface area (Å²) in [7, 11) is 5.55. The molecule has 0 aliphatic rings. The van der Waals surface area contributed by atoms with Crippen molar-refractivity contribution in [2.45, 2.75) is 13.5 Å². The molecule has 240 valence electrons. The predicted octanol–water partition coefficient (Wildman–Crippen LogP) is 7.84. The molecule has 5 aromatic rings. The molecule has 0 fully saturated rings. The Labute approximate surface area is 283 Å². The van der Waals surface area contributed by atoms with Crippen LogP contribution in [0.5, 0.6) is 5.75 Å². The summed E-state index contributed by atoms with van der Waals surface area (Å²) in [5.74, 6) is 0.206. The van der Waals surface area contributed by atoms with Crippen LogP contribution in [0, 0.1) is 6.92 Å². The third-order valence-corrected chi connectivity index (χ3v) is 8.16.